The number of ether oxygens (including phenoxy) is 1. The van der Waals surface area contributed by atoms with Crippen molar-refractivity contribution < 1.29 is 4.74 Å². The highest BCUT2D eigenvalue weighted by molar-refractivity contribution is 5.47. The fraction of sp³-hybridized carbons (Fsp3) is 0.692. The van der Waals surface area contributed by atoms with E-state index in [0.717, 1.165) is 31.0 Å². The molecule has 0 fully saturated rings. The Morgan fingerprint density at radius 2 is 2.06 bits per heavy atom. The summed E-state index contributed by atoms with van der Waals surface area (Å²) in [7, 11) is 1.69. The van der Waals surface area contributed by atoms with Crippen molar-refractivity contribution in [1.82, 2.24) is 9.97 Å². The first-order valence-electron chi connectivity index (χ1n) is 6.42. The van der Waals surface area contributed by atoms with Crippen LogP contribution in [-0.2, 0) is 17.6 Å². The van der Waals surface area contributed by atoms with Gasteiger partial charge in [0.2, 0.25) is 0 Å². The Hall–Kier alpha value is -1.16. The van der Waals surface area contributed by atoms with Gasteiger partial charge >= 0.3 is 0 Å². The highest BCUT2D eigenvalue weighted by Crippen LogP contribution is 2.27. The Bertz CT molecular complexity index is 392. The normalized spacial score (nSPS) is 16.4. The van der Waals surface area contributed by atoms with E-state index in [4.69, 9.17) is 4.74 Å². The molecule has 1 aromatic rings. The number of aryl methyl sites for hydroxylation is 1. The zero-order valence-corrected chi connectivity index (χ0v) is 10.9. The lowest BCUT2D eigenvalue weighted by Crippen LogP contribution is -2.16. The second kappa shape index (κ2) is 5.45. The summed E-state index contributed by atoms with van der Waals surface area (Å²) in [4.78, 5) is 9.25. The second-order valence-electron chi connectivity index (χ2n) is 4.47. The van der Waals surface area contributed by atoms with E-state index in [1.54, 1.807) is 7.11 Å². The molecule has 0 saturated carbocycles. The number of rotatable bonds is 4. The summed E-state index contributed by atoms with van der Waals surface area (Å²) in [6.45, 7) is 4.97. The maximum absolute atomic E-state index is 5.31. The molecule has 1 aliphatic rings. The quantitative estimate of drug-likeness (QED) is 0.871. The van der Waals surface area contributed by atoms with Crippen molar-refractivity contribution in [1.29, 1.82) is 0 Å². The first-order valence-corrected chi connectivity index (χ1v) is 6.42. The molecule has 0 bridgehead atoms. The molecule has 0 spiro atoms. The molecule has 1 N–H and O–H groups in total. The van der Waals surface area contributed by atoms with E-state index in [0.29, 0.717) is 0 Å². The third-order valence-corrected chi connectivity index (χ3v) is 3.26. The molecule has 1 atom stereocenters. The van der Waals surface area contributed by atoms with Gasteiger partial charge in [0, 0.05) is 24.9 Å². The SMILES string of the molecule is CCNc1nc(C(C)OC)nc2c1CCCC2. The molecule has 4 heteroatoms. The van der Waals surface area contributed by atoms with E-state index in [1.807, 2.05) is 6.92 Å². The van der Waals surface area contributed by atoms with Crippen molar-refractivity contribution >= 4 is 5.82 Å². The van der Waals surface area contributed by atoms with Gasteiger partial charge in [0.1, 0.15) is 11.9 Å². The zero-order valence-electron chi connectivity index (χ0n) is 10.9. The lowest BCUT2D eigenvalue weighted by molar-refractivity contribution is 0.112. The molecule has 1 heterocycles. The molecule has 0 amide bonds. The van der Waals surface area contributed by atoms with E-state index >= 15 is 0 Å². The first-order chi connectivity index (χ1) is 8.26. The highest BCUT2D eigenvalue weighted by atomic mass is 16.5. The van der Waals surface area contributed by atoms with Crippen LogP contribution in [-0.4, -0.2) is 23.6 Å². The highest BCUT2D eigenvalue weighted by Gasteiger charge is 2.19. The molecule has 2 rings (SSSR count). The molecule has 1 aliphatic carbocycles. The largest absolute Gasteiger partial charge is 0.374 e. The Labute approximate surface area is 103 Å². The Kier molecular flexibility index (Phi) is 3.94. The molecular weight excluding hydrogens is 214 g/mol. The summed E-state index contributed by atoms with van der Waals surface area (Å²) in [5.41, 5.74) is 2.52. The van der Waals surface area contributed by atoms with Gasteiger partial charge in [-0.05, 0) is 39.5 Å². The van der Waals surface area contributed by atoms with Crippen LogP contribution in [0.15, 0.2) is 0 Å². The van der Waals surface area contributed by atoms with Crippen LogP contribution in [0.5, 0.6) is 0 Å². The molecule has 0 saturated heterocycles. The number of nitrogens with one attached hydrogen (secondary N) is 1. The van der Waals surface area contributed by atoms with Crippen LogP contribution >= 0.6 is 0 Å². The van der Waals surface area contributed by atoms with E-state index in [-0.39, 0.29) is 6.10 Å². The van der Waals surface area contributed by atoms with Crippen molar-refractivity contribution in [3.8, 4) is 0 Å². The van der Waals surface area contributed by atoms with Crippen molar-refractivity contribution in [2.75, 3.05) is 19.0 Å². The minimum atomic E-state index is -0.0420. The van der Waals surface area contributed by atoms with Crippen LogP contribution in [0.3, 0.4) is 0 Å². The van der Waals surface area contributed by atoms with Crippen LogP contribution in [0.25, 0.3) is 0 Å². The molecule has 1 aromatic heterocycles. The fourth-order valence-electron chi connectivity index (χ4n) is 2.21. The van der Waals surface area contributed by atoms with Crippen LogP contribution in [0.1, 0.15) is 49.9 Å². The summed E-state index contributed by atoms with van der Waals surface area (Å²) in [6.07, 6.45) is 4.60. The standard InChI is InChI=1S/C13H21N3O/c1-4-14-13-10-7-5-6-8-11(10)15-12(16-13)9(2)17-3/h9H,4-8H2,1-3H3,(H,14,15,16). The smallest absolute Gasteiger partial charge is 0.159 e. The summed E-state index contributed by atoms with van der Waals surface area (Å²) in [5, 5.41) is 3.35. The minimum Gasteiger partial charge on any atom is -0.374 e. The molecule has 0 aromatic carbocycles. The van der Waals surface area contributed by atoms with Crippen molar-refractivity contribution in [3.05, 3.63) is 17.1 Å². The molecule has 0 aliphatic heterocycles. The maximum Gasteiger partial charge on any atom is 0.159 e. The Morgan fingerprint density at radius 3 is 2.76 bits per heavy atom. The Morgan fingerprint density at radius 1 is 1.29 bits per heavy atom. The molecule has 17 heavy (non-hydrogen) atoms. The van der Waals surface area contributed by atoms with Crippen molar-refractivity contribution in [2.24, 2.45) is 0 Å². The van der Waals surface area contributed by atoms with Gasteiger partial charge in [0.25, 0.3) is 0 Å². The number of anilines is 1. The van der Waals surface area contributed by atoms with Gasteiger partial charge in [-0.2, -0.15) is 0 Å². The van der Waals surface area contributed by atoms with Crippen LogP contribution < -0.4 is 5.32 Å². The predicted molar refractivity (Wildman–Crippen MR) is 68.3 cm³/mol. The van der Waals surface area contributed by atoms with Gasteiger partial charge in [-0.25, -0.2) is 9.97 Å². The third kappa shape index (κ3) is 2.57. The van der Waals surface area contributed by atoms with Gasteiger partial charge in [-0.3, -0.25) is 0 Å². The predicted octanol–water partition coefficient (Wildman–Crippen LogP) is 2.49. The first kappa shape index (κ1) is 12.3. The van der Waals surface area contributed by atoms with E-state index in [9.17, 15) is 0 Å². The summed E-state index contributed by atoms with van der Waals surface area (Å²) in [6, 6.07) is 0. The number of aromatic nitrogens is 2. The van der Waals surface area contributed by atoms with Crippen molar-refractivity contribution in [2.45, 2.75) is 45.6 Å². The average Bonchev–Trinajstić information content (AvgIpc) is 2.38. The zero-order chi connectivity index (χ0) is 12.3. The van der Waals surface area contributed by atoms with Crippen LogP contribution in [0.4, 0.5) is 5.82 Å². The van der Waals surface area contributed by atoms with Gasteiger partial charge < -0.3 is 10.1 Å². The lowest BCUT2D eigenvalue weighted by atomic mass is 9.96. The molecule has 94 valence electrons. The summed E-state index contributed by atoms with van der Waals surface area (Å²) >= 11 is 0. The van der Waals surface area contributed by atoms with E-state index < -0.39 is 0 Å². The minimum absolute atomic E-state index is 0.0420. The molecule has 1 unspecified atom stereocenters. The van der Waals surface area contributed by atoms with E-state index in [1.165, 1.54) is 24.1 Å². The third-order valence-electron chi connectivity index (χ3n) is 3.26. The van der Waals surface area contributed by atoms with Crippen molar-refractivity contribution in [3.63, 3.8) is 0 Å². The number of hydrogen-bond donors (Lipinski definition) is 1. The molecular formula is C13H21N3O. The Balaban J connectivity index is 2.40. The number of nitrogens with zero attached hydrogens (tertiary/aromatic N) is 2. The fourth-order valence-corrected chi connectivity index (χ4v) is 2.21. The summed E-state index contributed by atoms with van der Waals surface area (Å²) in [5.74, 6) is 1.81. The maximum atomic E-state index is 5.31. The number of methoxy groups -OCH3 is 1. The monoisotopic (exact) mass is 235 g/mol. The van der Waals surface area contributed by atoms with Gasteiger partial charge in [-0.1, -0.05) is 0 Å². The van der Waals surface area contributed by atoms with E-state index in [2.05, 4.69) is 22.2 Å². The topological polar surface area (TPSA) is 47.0 Å². The molecule has 4 nitrogen and oxygen atoms in total. The van der Waals surface area contributed by atoms with Gasteiger partial charge in [0.05, 0.1) is 0 Å². The number of fused-ring (bicyclic) bond motifs is 1. The average molecular weight is 235 g/mol. The lowest BCUT2D eigenvalue weighted by Gasteiger charge is -2.20. The van der Waals surface area contributed by atoms with Crippen LogP contribution in [0.2, 0.25) is 0 Å². The molecule has 0 radical (unpaired) electrons. The second-order valence-corrected chi connectivity index (χ2v) is 4.47. The van der Waals surface area contributed by atoms with Gasteiger partial charge in [-0.15, -0.1) is 0 Å². The number of hydrogen-bond acceptors (Lipinski definition) is 4. The summed E-state index contributed by atoms with van der Waals surface area (Å²) < 4.78 is 5.31. The van der Waals surface area contributed by atoms with Crippen LogP contribution in [0, 0.1) is 0 Å². The van der Waals surface area contributed by atoms with Gasteiger partial charge in [0.15, 0.2) is 5.82 Å².